The molecule has 0 saturated heterocycles. The molecule has 0 unspecified atom stereocenters. The highest BCUT2D eigenvalue weighted by Crippen LogP contribution is 2.26. The first-order valence-electron chi connectivity index (χ1n) is 7.96. The fraction of sp³-hybridized carbons (Fsp3) is 0.333. The van der Waals surface area contributed by atoms with E-state index in [-0.39, 0.29) is 11.0 Å². The van der Waals surface area contributed by atoms with Crippen LogP contribution in [0.5, 0.6) is 0 Å². The van der Waals surface area contributed by atoms with Gasteiger partial charge in [0.15, 0.2) is 0 Å². The van der Waals surface area contributed by atoms with Crippen molar-refractivity contribution in [1.29, 1.82) is 0 Å². The van der Waals surface area contributed by atoms with E-state index in [4.69, 9.17) is 10.5 Å². The van der Waals surface area contributed by atoms with E-state index in [1.165, 1.54) is 0 Å². The molecule has 0 atom stereocenters. The lowest BCUT2D eigenvalue weighted by Crippen LogP contribution is -2.25. The van der Waals surface area contributed by atoms with Crippen LogP contribution >= 0.6 is 0 Å². The lowest BCUT2D eigenvalue weighted by atomic mass is 10.0. The Hall–Kier alpha value is -1.89. The molecule has 6 heteroatoms. The molecule has 0 aliphatic heterocycles. The minimum atomic E-state index is -3.51. The first-order valence-corrected chi connectivity index (χ1v) is 9.44. The molecule has 24 heavy (non-hydrogen) atoms. The summed E-state index contributed by atoms with van der Waals surface area (Å²) in [5, 5.41) is 0. The zero-order valence-electron chi connectivity index (χ0n) is 14.0. The Balaban J connectivity index is 2.00. The zero-order valence-corrected chi connectivity index (χ0v) is 14.8. The van der Waals surface area contributed by atoms with E-state index in [9.17, 15) is 8.42 Å². The number of sulfonamides is 1. The van der Waals surface area contributed by atoms with Crippen molar-refractivity contribution in [3.63, 3.8) is 0 Å². The van der Waals surface area contributed by atoms with Crippen molar-refractivity contribution in [2.24, 2.45) is 0 Å². The van der Waals surface area contributed by atoms with E-state index in [1.807, 2.05) is 38.1 Å². The average Bonchev–Trinajstić information content (AvgIpc) is 2.55. The summed E-state index contributed by atoms with van der Waals surface area (Å²) >= 11 is 0. The van der Waals surface area contributed by atoms with Gasteiger partial charge >= 0.3 is 0 Å². The fourth-order valence-electron chi connectivity index (χ4n) is 2.25. The quantitative estimate of drug-likeness (QED) is 0.567. The Kier molecular flexibility index (Phi) is 6.36. The van der Waals surface area contributed by atoms with E-state index in [0.29, 0.717) is 25.3 Å². The molecule has 5 nitrogen and oxygen atoms in total. The van der Waals surface area contributed by atoms with Gasteiger partial charge in [-0.1, -0.05) is 30.3 Å². The standard InChI is InChI=1S/C18H24N2O3S/c1-14(2)23-13-5-12-20-24(21,22)16-10-8-15(9-11-16)17-6-3-4-7-18(17)19/h3-4,6-11,14,20H,5,12-13,19H2,1-2H3. The van der Waals surface area contributed by atoms with Gasteiger partial charge in [0.05, 0.1) is 11.0 Å². The van der Waals surface area contributed by atoms with E-state index >= 15 is 0 Å². The van der Waals surface area contributed by atoms with Crippen LogP contribution in [0.15, 0.2) is 53.4 Å². The molecule has 0 saturated carbocycles. The highest BCUT2D eigenvalue weighted by Gasteiger charge is 2.13. The third-order valence-corrected chi connectivity index (χ3v) is 4.98. The van der Waals surface area contributed by atoms with Crippen molar-refractivity contribution in [3.05, 3.63) is 48.5 Å². The summed E-state index contributed by atoms with van der Waals surface area (Å²) < 4.78 is 32.5. The number of hydrogen-bond donors (Lipinski definition) is 2. The Morgan fingerprint density at radius 1 is 1.08 bits per heavy atom. The van der Waals surface area contributed by atoms with Crippen LogP contribution in [0, 0.1) is 0 Å². The molecule has 0 spiro atoms. The van der Waals surface area contributed by atoms with Crippen LogP contribution < -0.4 is 10.5 Å². The number of para-hydroxylation sites is 1. The highest BCUT2D eigenvalue weighted by molar-refractivity contribution is 7.89. The summed E-state index contributed by atoms with van der Waals surface area (Å²) in [6.45, 7) is 4.78. The largest absolute Gasteiger partial charge is 0.398 e. The van der Waals surface area contributed by atoms with E-state index < -0.39 is 10.0 Å². The minimum Gasteiger partial charge on any atom is -0.398 e. The van der Waals surface area contributed by atoms with E-state index in [1.54, 1.807) is 24.3 Å². The lowest BCUT2D eigenvalue weighted by molar-refractivity contribution is 0.0778. The van der Waals surface area contributed by atoms with Crippen LogP contribution in [-0.4, -0.2) is 27.7 Å². The van der Waals surface area contributed by atoms with Gasteiger partial charge in [-0.15, -0.1) is 0 Å². The molecule has 0 amide bonds. The number of anilines is 1. The Morgan fingerprint density at radius 3 is 2.38 bits per heavy atom. The zero-order chi connectivity index (χ0) is 17.6. The number of benzene rings is 2. The molecule has 130 valence electrons. The summed E-state index contributed by atoms with van der Waals surface area (Å²) in [5.74, 6) is 0. The smallest absolute Gasteiger partial charge is 0.240 e. The van der Waals surface area contributed by atoms with Gasteiger partial charge in [-0.3, -0.25) is 0 Å². The molecule has 3 N–H and O–H groups in total. The predicted octanol–water partition coefficient (Wildman–Crippen LogP) is 3.03. The second-order valence-corrected chi connectivity index (χ2v) is 7.55. The molecule has 0 aromatic heterocycles. The predicted molar refractivity (Wildman–Crippen MR) is 97.2 cm³/mol. The lowest BCUT2D eigenvalue weighted by Gasteiger charge is -2.10. The number of nitrogens with two attached hydrogens (primary N) is 1. The molecule has 0 heterocycles. The molecule has 0 bridgehead atoms. The molecule has 2 aromatic rings. The van der Waals surface area contributed by atoms with Crippen LogP contribution in [0.2, 0.25) is 0 Å². The van der Waals surface area contributed by atoms with Crippen LogP contribution in [-0.2, 0) is 14.8 Å². The van der Waals surface area contributed by atoms with Gasteiger partial charge in [-0.25, -0.2) is 13.1 Å². The monoisotopic (exact) mass is 348 g/mol. The molecular weight excluding hydrogens is 324 g/mol. The van der Waals surface area contributed by atoms with Crippen LogP contribution in [0.3, 0.4) is 0 Å². The number of hydrogen-bond acceptors (Lipinski definition) is 4. The Bertz CT molecular complexity index is 756. The van der Waals surface area contributed by atoms with Crippen molar-refractivity contribution in [1.82, 2.24) is 4.72 Å². The normalized spacial score (nSPS) is 11.8. The number of nitrogens with one attached hydrogen (secondary N) is 1. The van der Waals surface area contributed by atoms with Crippen molar-refractivity contribution >= 4 is 15.7 Å². The van der Waals surface area contributed by atoms with E-state index in [2.05, 4.69) is 4.72 Å². The van der Waals surface area contributed by atoms with Gasteiger partial charge in [0.1, 0.15) is 0 Å². The van der Waals surface area contributed by atoms with Crippen molar-refractivity contribution in [3.8, 4) is 11.1 Å². The molecule has 0 aliphatic carbocycles. The van der Waals surface area contributed by atoms with E-state index in [0.717, 1.165) is 11.1 Å². The highest BCUT2D eigenvalue weighted by atomic mass is 32.2. The second kappa shape index (κ2) is 8.28. The molecular formula is C18H24N2O3S. The van der Waals surface area contributed by atoms with Crippen molar-refractivity contribution in [2.75, 3.05) is 18.9 Å². The van der Waals surface area contributed by atoms with Gasteiger partial charge in [0, 0.05) is 24.4 Å². The van der Waals surface area contributed by atoms with Crippen molar-refractivity contribution < 1.29 is 13.2 Å². The third kappa shape index (κ3) is 5.06. The molecule has 0 aliphatic rings. The SMILES string of the molecule is CC(C)OCCCNS(=O)(=O)c1ccc(-c2ccccc2N)cc1. The van der Waals surface area contributed by atoms with Gasteiger partial charge in [0.25, 0.3) is 0 Å². The van der Waals surface area contributed by atoms with Crippen LogP contribution in [0.25, 0.3) is 11.1 Å². The van der Waals surface area contributed by atoms with Crippen LogP contribution in [0.1, 0.15) is 20.3 Å². The molecule has 2 rings (SSSR count). The van der Waals surface area contributed by atoms with Crippen molar-refractivity contribution in [2.45, 2.75) is 31.3 Å². The fourth-order valence-corrected chi connectivity index (χ4v) is 3.33. The first-order chi connectivity index (χ1) is 11.4. The maximum absolute atomic E-state index is 12.3. The van der Waals surface area contributed by atoms with Gasteiger partial charge in [-0.05, 0) is 44.0 Å². The third-order valence-electron chi connectivity index (χ3n) is 3.50. The second-order valence-electron chi connectivity index (χ2n) is 5.78. The maximum Gasteiger partial charge on any atom is 0.240 e. The number of rotatable bonds is 8. The summed E-state index contributed by atoms with van der Waals surface area (Å²) in [6.07, 6.45) is 0.787. The summed E-state index contributed by atoms with van der Waals surface area (Å²) in [4.78, 5) is 0.241. The minimum absolute atomic E-state index is 0.152. The number of ether oxygens (including phenoxy) is 1. The maximum atomic E-state index is 12.3. The molecule has 0 fully saturated rings. The Morgan fingerprint density at radius 2 is 1.75 bits per heavy atom. The number of nitrogen functional groups attached to an aromatic ring is 1. The first kappa shape index (κ1) is 18.4. The van der Waals surface area contributed by atoms with Gasteiger partial charge < -0.3 is 10.5 Å². The summed E-state index contributed by atoms with van der Waals surface area (Å²) in [6, 6.07) is 14.2. The van der Waals surface area contributed by atoms with Gasteiger partial charge in [-0.2, -0.15) is 0 Å². The summed E-state index contributed by atoms with van der Waals surface area (Å²) in [7, 11) is -3.51. The summed E-state index contributed by atoms with van der Waals surface area (Å²) in [5.41, 5.74) is 8.39. The molecule has 2 aromatic carbocycles. The van der Waals surface area contributed by atoms with Crippen LogP contribution in [0.4, 0.5) is 5.69 Å². The van der Waals surface area contributed by atoms with Gasteiger partial charge in [0.2, 0.25) is 10.0 Å². The average molecular weight is 348 g/mol. The topological polar surface area (TPSA) is 81.4 Å². The Labute approximate surface area is 143 Å². The molecule has 0 radical (unpaired) electrons.